The van der Waals surface area contributed by atoms with Gasteiger partial charge in [0.25, 0.3) is 0 Å². The second-order valence-corrected chi connectivity index (χ2v) is 4.52. The molecule has 76 valence electrons. The summed E-state index contributed by atoms with van der Waals surface area (Å²) in [6.07, 6.45) is 3.96. The summed E-state index contributed by atoms with van der Waals surface area (Å²) < 4.78 is 0. The molecule has 14 heavy (non-hydrogen) atoms. The lowest BCUT2D eigenvalue weighted by molar-refractivity contribution is 0.471. The van der Waals surface area contributed by atoms with Crippen molar-refractivity contribution in [1.29, 1.82) is 0 Å². The molecule has 0 spiro atoms. The van der Waals surface area contributed by atoms with E-state index in [1.54, 1.807) is 0 Å². The summed E-state index contributed by atoms with van der Waals surface area (Å²) in [7, 11) is 0. The molecule has 0 aromatic heterocycles. The smallest absolute Gasteiger partial charge is 0.00430 e. The van der Waals surface area contributed by atoms with Crippen molar-refractivity contribution in [2.75, 3.05) is 6.54 Å². The normalized spacial score (nSPS) is 18.1. The van der Waals surface area contributed by atoms with Crippen LogP contribution < -0.4 is 5.73 Å². The molecule has 1 aromatic carbocycles. The number of nitrogens with two attached hydrogens (primary N) is 1. The van der Waals surface area contributed by atoms with Crippen LogP contribution in [0.25, 0.3) is 0 Å². The lowest BCUT2D eigenvalue weighted by Crippen LogP contribution is -2.18. The van der Waals surface area contributed by atoms with E-state index in [2.05, 4.69) is 31.2 Å². The predicted octanol–water partition coefficient (Wildman–Crippen LogP) is 2.52. The molecule has 1 heteroatoms. The number of rotatable bonds is 4. The Kier molecular flexibility index (Phi) is 2.87. The molecule has 1 saturated carbocycles. The number of benzene rings is 1. The van der Waals surface area contributed by atoms with Gasteiger partial charge in [0.15, 0.2) is 0 Å². The van der Waals surface area contributed by atoms with E-state index in [9.17, 15) is 0 Å². The maximum Gasteiger partial charge on any atom is -0.00430 e. The molecular formula is C13H19N. The van der Waals surface area contributed by atoms with Gasteiger partial charge in [-0.3, -0.25) is 0 Å². The molecule has 1 fully saturated rings. The van der Waals surface area contributed by atoms with Crippen LogP contribution in [0.3, 0.4) is 0 Å². The molecule has 1 aromatic rings. The Balaban J connectivity index is 1.98. The Labute approximate surface area is 86.3 Å². The molecule has 2 rings (SSSR count). The zero-order valence-electron chi connectivity index (χ0n) is 8.87. The second-order valence-electron chi connectivity index (χ2n) is 4.52. The molecule has 0 bridgehead atoms. The summed E-state index contributed by atoms with van der Waals surface area (Å²) >= 11 is 0. The molecule has 1 atom stereocenters. The van der Waals surface area contributed by atoms with Gasteiger partial charge >= 0.3 is 0 Å². The van der Waals surface area contributed by atoms with Gasteiger partial charge in [-0.2, -0.15) is 0 Å². The maximum absolute atomic E-state index is 5.79. The van der Waals surface area contributed by atoms with Crippen molar-refractivity contribution in [2.45, 2.75) is 26.2 Å². The van der Waals surface area contributed by atoms with E-state index in [0.717, 1.165) is 18.4 Å². The van der Waals surface area contributed by atoms with Crippen LogP contribution in [0.5, 0.6) is 0 Å². The van der Waals surface area contributed by atoms with Gasteiger partial charge < -0.3 is 5.73 Å². The zero-order chi connectivity index (χ0) is 9.97. The molecule has 1 aliphatic carbocycles. The van der Waals surface area contributed by atoms with Crippen molar-refractivity contribution in [2.24, 2.45) is 17.6 Å². The highest BCUT2D eigenvalue weighted by Crippen LogP contribution is 2.37. The van der Waals surface area contributed by atoms with Crippen LogP contribution in [-0.4, -0.2) is 6.54 Å². The summed E-state index contributed by atoms with van der Waals surface area (Å²) in [5.41, 5.74) is 8.57. The fraction of sp³-hybridized carbons (Fsp3) is 0.538. The first-order chi connectivity index (χ1) is 6.79. The van der Waals surface area contributed by atoms with Gasteiger partial charge in [-0.05, 0) is 50.1 Å². The molecule has 0 aliphatic heterocycles. The van der Waals surface area contributed by atoms with Crippen molar-refractivity contribution in [3.05, 3.63) is 35.4 Å². The summed E-state index contributed by atoms with van der Waals surface area (Å²) in [5, 5.41) is 0. The molecular weight excluding hydrogens is 170 g/mol. The average Bonchev–Trinajstić information content (AvgIpc) is 3.01. The first-order valence-electron chi connectivity index (χ1n) is 5.55. The Hall–Kier alpha value is -0.820. The third-order valence-electron chi connectivity index (χ3n) is 3.21. The van der Waals surface area contributed by atoms with Crippen molar-refractivity contribution >= 4 is 0 Å². The molecule has 0 radical (unpaired) electrons. The number of hydrogen-bond donors (Lipinski definition) is 1. The minimum Gasteiger partial charge on any atom is -0.330 e. The molecule has 0 heterocycles. The molecule has 1 unspecified atom stereocenters. The van der Waals surface area contributed by atoms with Gasteiger partial charge in [0, 0.05) is 0 Å². The predicted molar refractivity (Wildman–Crippen MR) is 60.2 cm³/mol. The van der Waals surface area contributed by atoms with Crippen LogP contribution in [0.1, 0.15) is 24.0 Å². The van der Waals surface area contributed by atoms with E-state index in [4.69, 9.17) is 5.73 Å². The highest BCUT2D eigenvalue weighted by molar-refractivity contribution is 5.22. The van der Waals surface area contributed by atoms with Gasteiger partial charge in [-0.25, -0.2) is 0 Å². The maximum atomic E-state index is 5.79. The topological polar surface area (TPSA) is 26.0 Å². The van der Waals surface area contributed by atoms with Gasteiger partial charge in [-0.1, -0.05) is 29.8 Å². The first kappa shape index (κ1) is 9.72. The Bertz CT molecular complexity index is 285. The van der Waals surface area contributed by atoms with Crippen LogP contribution in [-0.2, 0) is 6.42 Å². The molecule has 0 saturated heterocycles. The minimum atomic E-state index is 0.720. The van der Waals surface area contributed by atoms with E-state index in [0.29, 0.717) is 0 Å². The SMILES string of the molecule is Cc1ccc(CC(CN)C2CC2)cc1. The van der Waals surface area contributed by atoms with Crippen molar-refractivity contribution < 1.29 is 0 Å². The van der Waals surface area contributed by atoms with Crippen LogP contribution in [0.2, 0.25) is 0 Å². The Morgan fingerprint density at radius 3 is 2.43 bits per heavy atom. The van der Waals surface area contributed by atoms with E-state index >= 15 is 0 Å². The Morgan fingerprint density at radius 2 is 1.93 bits per heavy atom. The monoisotopic (exact) mass is 189 g/mol. The van der Waals surface area contributed by atoms with Crippen molar-refractivity contribution in [1.82, 2.24) is 0 Å². The zero-order valence-corrected chi connectivity index (χ0v) is 8.87. The van der Waals surface area contributed by atoms with E-state index < -0.39 is 0 Å². The van der Waals surface area contributed by atoms with E-state index in [1.807, 2.05) is 0 Å². The van der Waals surface area contributed by atoms with E-state index in [1.165, 1.54) is 30.4 Å². The van der Waals surface area contributed by atoms with Gasteiger partial charge in [0.05, 0.1) is 0 Å². The van der Waals surface area contributed by atoms with Crippen LogP contribution >= 0.6 is 0 Å². The summed E-state index contributed by atoms with van der Waals surface area (Å²) in [4.78, 5) is 0. The van der Waals surface area contributed by atoms with Gasteiger partial charge in [0.1, 0.15) is 0 Å². The van der Waals surface area contributed by atoms with Crippen molar-refractivity contribution in [3.63, 3.8) is 0 Å². The number of hydrogen-bond acceptors (Lipinski definition) is 1. The van der Waals surface area contributed by atoms with Crippen LogP contribution in [0.15, 0.2) is 24.3 Å². The average molecular weight is 189 g/mol. The quantitative estimate of drug-likeness (QED) is 0.774. The summed E-state index contributed by atoms with van der Waals surface area (Å²) in [5.74, 6) is 1.64. The highest BCUT2D eigenvalue weighted by Gasteiger charge is 2.29. The van der Waals surface area contributed by atoms with Gasteiger partial charge in [0.2, 0.25) is 0 Å². The lowest BCUT2D eigenvalue weighted by Gasteiger charge is -2.13. The molecule has 2 N–H and O–H groups in total. The third kappa shape index (κ3) is 2.36. The molecule has 0 amide bonds. The third-order valence-corrected chi connectivity index (χ3v) is 3.21. The lowest BCUT2D eigenvalue weighted by atomic mass is 9.94. The fourth-order valence-corrected chi connectivity index (χ4v) is 2.04. The van der Waals surface area contributed by atoms with E-state index in [-0.39, 0.29) is 0 Å². The summed E-state index contributed by atoms with van der Waals surface area (Å²) in [6.45, 7) is 2.98. The molecule has 1 aliphatic rings. The first-order valence-corrected chi connectivity index (χ1v) is 5.55. The van der Waals surface area contributed by atoms with Crippen LogP contribution in [0.4, 0.5) is 0 Å². The summed E-state index contributed by atoms with van der Waals surface area (Å²) in [6, 6.07) is 8.85. The second kappa shape index (κ2) is 4.14. The minimum absolute atomic E-state index is 0.720. The highest BCUT2D eigenvalue weighted by atomic mass is 14.6. The van der Waals surface area contributed by atoms with Crippen LogP contribution in [0, 0.1) is 18.8 Å². The standard InChI is InChI=1S/C13H19N/c1-10-2-4-11(5-3-10)8-13(9-14)12-6-7-12/h2-5,12-13H,6-9,14H2,1H3. The van der Waals surface area contributed by atoms with Crippen molar-refractivity contribution in [3.8, 4) is 0 Å². The number of aryl methyl sites for hydroxylation is 1. The van der Waals surface area contributed by atoms with Gasteiger partial charge in [-0.15, -0.1) is 0 Å². The molecule has 1 nitrogen and oxygen atoms in total. The fourth-order valence-electron chi connectivity index (χ4n) is 2.04. The Morgan fingerprint density at radius 1 is 1.29 bits per heavy atom. The largest absolute Gasteiger partial charge is 0.330 e.